The topological polar surface area (TPSA) is 4.93 Å². The summed E-state index contributed by atoms with van der Waals surface area (Å²) >= 11 is 0. The molecule has 0 N–H and O–H groups in total. The summed E-state index contributed by atoms with van der Waals surface area (Å²) in [7, 11) is -1.91. The van der Waals surface area contributed by atoms with Crippen LogP contribution < -0.4 is 0 Å². The van der Waals surface area contributed by atoms with Gasteiger partial charge in [-0.2, -0.15) is 0 Å². The SMILES string of the molecule is C#C[C@H](c1cccc2ccccc12)c1cn([Si](C(C)C)(C(C)C)C(C)C)c2ccccc12. The van der Waals surface area contributed by atoms with Crippen molar-refractivity contribution in [1.29, 1.82) is 0 Å². The van der Waals surface area contributed by atoms with E-state index in [0.717, 1.165) is 0 Å². The van der Waals surface area contributed by atoms with Crippen LogP contribution in [0.25, 0.3) is 21.7 Å². The van der Waals surface area contributed by atoms with Gasteiger partial charge in [-0.1, -0.05) is 108 Å². The number of benzene rings is 3. The first kappa shape index (κ1) is 22.4. The average Bonchev–Trinajstić information content (AvgIpc) is 3.14. The molecule has 0 saturated heterocycles. The molecular formula is C30H35NSi. The number of nitrogens with zero attached hydrogens (tertiary/aromatic N) is 1. The van der Waals surface area contributed by atoms with Gasteiger partial charge in [0.25, 0.3) is 0 Å². The minimum Gasteiger partial charge on any atom is -0.373 e. The second-order valence-corrected chi connectivity index (χ2v) is 15.7. The molecule has 0 aliphatic carbocycles. The fourth-order valence-electron chi connectivity index (χ4n) is 6.44. The number of fused-ring (bicyclic) bond motifs is 2. The molecule has 0 amide bonds. The predicted molar refractivity (Wildman–Crippen MR) is 143 cm³/mol. The molecule has 4 aromatic rings. The molecule has 1 atom stereocenters. The van der Waals surface area contributed by atoms with Crippen molar-refractivity contribution in [3.05, 3.63) is 84.1 Å². The van der Waals surface area contributed by atoms with Gasteiger partial charge in [0.05, 0.1) is 5.92 Å². The summed E-state index contributed by atoms with van der Waals surface area (Å²) in [6.45, 7) is 14.5. The van der Waals surface area contributed by atoms with E-state index in [2.05, 4.69) is 125 Å². The van der Waals surface area contributed by atoms with Gasteiger partial charge in [-0.3, -0.25) is 0 Å². The van der Waals surface area contributed by atoms with E-state index in [9.17, 15) is 0 Å². The second kappa shape index (κ2) is 8.64. The molecule has 0 radical (unpaired) electrons. The second-order valence-electron chi connectivity index (χ2n) is 9.99. The largest absolute Gasteiger partial charge is 0.373 e. The van der Waals surface area contributed by atoms with E-state index < -0.39 is 8.24 Å². The van der Waals surface area contributed by atoms with E-state index in [1.807, 2.05) is 0 Å². The van der Waals surface area contributed by atoms with E-state index in [-0.39, 0.29) is 5.92 Å². The maximum Gasteiger partial charge on any atom is 0.169 e. The third-order valence-corrected chi connectivity index (χ3v) is 14.3. The molecule has 0 aliphatic heterocycles. The summed E-state index contributed by atoms with van der Waals surface area (Å²) in [5, 5.41) is 3.78. The summed E-state index contributed by atoms with van der Waals surface area (Å²) in [6.07, 6.45) is 8.70. The zero-order chi connectivity index (χ0) is 23.0. The smallest absolute Gasteiger partial charge is 0.169 e. The van der Waals surface area contributed by atoms with Crippen molar-refractivity contribution in [2.45, 2.75) is 64.1 Å². The Balaban J connectivity index is 2.04. The molecule has 1 aromatic heterocycles. The lowest BCUT2D eigenvalue weighted by atomic mass is 9.88. The van der Waals surface area contributed by atoms with Crippen LogP contribution in [-0.2, 0) is 0 Å². The van der Waals surface area contributed by atoms with Crippen LogP contribution in [0.3, 0.4) is 0 Å². The Morgan fingerprint density at radius 3 is 1.88 bits per heavy atom. The molecule has 4 rings (SSSR count). The molecule has 0 spiro atoms. The highest BCUT2D eigenvalue weighted by Gasteiger charge is 2.46. The van der Waals surface area contributed by atoms with E-state index in [0.29, 0.717) is 16.6 Å². The van der Waals surface area contributed by atoms with Gasteiger partial charge in [-0.15, -0.1) is 6.42 Å². The summed E-state index contributed by atoms with van der Waals surface area (Å²) < 4.78 is 2.70. The monoisotopic (exact) mass is 437 g/mol. The van der Waals surface area contributed by atoms with Crippen molar-refractivity contribution < 1.29 is 0 Å². The first-order valence-corrected chi connectivity index (χ1v) is 14.1. The summed E-state index contributed by atoms with van der Waals surface area (Å²) in [5.41, 5.74) is 5.68. The molecule has 164 valence electrons. The lowest BCUT2D eigenvalue weighted by Gasteiger charge is -2.44. The van der Waals surface area contributed by atoms with Gasteiger partial charge in [-0.25, -0.2) is 0 Å². The molecule has 3 aromatic carbocycles. The van der Waals surface area contributed by atoms with Gasteiger partial charge < -0.3 is 4.23 Å². The van der Waals surface area contributed by atoms with Gasteiger partial charge in [0.2, 0.25) is 0 Å². The Kier molecular flexibility index (Phi) is 6.06. The van der Waals surface area contributed by atoms with Gasteiger partial charge in [0.15, 0.2) is 8.24 Å². The number of rotatable bonds is 6. The molecule has 1 heterocycles. The molecule has 0 aliphatic rings. The fraction of sp³-hybridized carbons (Fsp3) is 0.333. The van der Waals surface area contributed by atoms with Crippen molar-refractivity contribution in [2.24, 2.45) is 0 Å². The highest BCUT2D eigenvalue weighted by molar-refractivity contribution is 6.82. The first-order valence-electron chi connectivity index (χ1n) is 11.9. The van der Waals surface area contributed by atoms with Gasteiger partial charge in [0, 0.05) is 17.1 Å². The summed E-state index contributed by atoms with van der Waals surface area (Å²) in [5.74, 6) is 3.10. The van der Waals surface area contributed by atoms with Crippen LogP contribution >= 0.6 is 0 Å². The first-order chi connectivity index (χ1) is 15.3. The quantitative estimate of drug-likeness (QED) is 0.210. The van der Waals surface area contributed by atoms with E-state index in [4.69, 9.17) is 6.42 Å². The van der Waals surface area contributed by atoms with Crippen molar-refractivity contribution in [3.63, 3.8) is 0 Å². The fourth-order valence-corrected chi connectivity index (χ4v) is 13.1. The summed E-state index contributed by atoms with van der Waals surface area (Å²) in [4.78, 5) is 0. The minimum absolute atomic E-state index is 0.0783. The molecule has 0 fully saturated rings. The Bertz CT molecular complexity index is 1260. The van der Waals surface area contributed by atoms with Crippen molar-refractivity contribution >= 4 is 29.9 Å². The van der Waals surface area contributed by atoms with Gasteiger partial charge in [0.1, 0.15) is 0 Å². The molecule has 1 nitrogen and oxygen atoms in total. The Morgan fingerprint density at radius 1 is 0.688 bits per heavy atom. The molecule has 32 heavy (non-hydrogen) atoms. The Hall–Kier alpha value is -2.76. The lowest BCUT2D eigenvalue weighted by Crippen LogP contribution is -2.51. The highest BCUT2D eigenvalue weighted by Crippen LogP contribution is 2.46. The van der Waals surface area contributed by atoms with Crippen LogP contribution in [-0.4, -0.2) is 12.5 Å². The molecule has 0 saturated carbocycles. The molecule has 0 bridgehead atoms. The zero-order valence-electron chi connectivity index (χ0n) is 20.3. The van der Waals surface area contributed by atoms with E-state index in [1.165, 1.54) is 32.8 Å². The maximum atomic E-state index is 6.27. The minimum atomic E-state index is -1.91. The van der Waals surface area contributed by atoms with Crippen molar-refractivity contribution in [1.82, 2.24) is 4.23 Å². The van der Waals surface area contributed by atoms with Crippen molar-refractivity contribution in [2.75, 3.05) is 0 Å². The van der Waals surface area contributed by atoms with Crippen molar-refractivity contribution in [3.8, 4) is 12.3 Å². The van der Waals surface area contributed by atoms with Crippen LogP contribution in [0.2, 0.25) is 16.6 Å². The molecule has 2 heteroatoms. The lowest BCUT2D eigenvalue weighted by molar-refractivity contribution is 0.771. The molecular weight excluding hydrogens is 402 g/mol. The molecule has 0 unspecified atom stereocenters. The average molecular weight is 438 g/mol. The van der Waals surface area contributed by atoms with E-state index in [1.54, 1.807) is 0 Å². The van der Waals surface area contributed by atoms with Crippen LogP contribution in [0.15, 0.2) is 72.9 Å². The van der Waals surface area contributed by atoms with Crippen LogP contribution in [0.1, 0.15) is 58.6 Å². The van der Waals surface area contributed by atoms with Gasteiger partial charge in [-0.05, 0) is 44.6 Å². The zero-order valence-corrected chi connectivity index (χ0v) is 21.3. The maximum absolute atomic E-state index is 6.27. The summed E-state index contributed by atoms with van der Waals surface area (Å²) in [6, 6.07) is 24.0. The van der Waals surface area contributed by atoms with Gasteiger partial charge >= 0.3 is 0 Å². The van der Waals surface area contributed by atoms with E-state index >= 15 is 0 Å². The number of para-hydroxylation sites is 1. The van der Waals surface area contributed by atoms with Crippen LogP contribution in [0.4, 0.5) is 0 Å². The number of terminal acetylenes is 1. The van der Waals surface area contributed by atoms with Crippen LogP contribution in [0, 0.1) is 12.3 Å². The highest BCUT2D eigenvalue weighted by atomic mass is 28.3. The Morgan fingerprint density at radius 2 is 1.25 bits per heavy atom. The van der Waals surface area contributed by atoms with Crippen LogP contribution in [0.5, 0.6) is 0 Å². The third kappa shape index (κ3) is 3.31. The number of hydrogen-bond donors (Lipinski definition) is 0. The number of hydrogen-bond acceptors (Lipinski definition) is 0. The number of aromatic nitrogens is 1. The third-order valence-electron chi connectivity index (χ3n) is 7.55. The normalized spacial score (nSPS) is 13.4. The standard InChI is InChI=1S/C30H35NSi/c1-8-25(27-18-13-15-24-14-9-10-16-26(24)27)29-20-31(30-19-12-11-17-28(29)30)32(21(2)3,22(4)5)23(6)7/h1,9-23,25H,2-7H3/t25-/m1/s1. The predicted octanol–water partition coefficient (Wildman–Crippen LogP) is 8.58. The Labute approximate surface area is 194 Å².